The number of aromatic nitrogens is 1. The first-order valence-electron chi connectivity index (χ1n) is 9.29. The largest absolute Gasteiger partial charge is 0.478 e. The molecule has 2 fully saturated rings. The second-order valence-corrected chi connectivity index (χ2v) is 7.11. The summed E-state index contributed by atoms with van der Waals surface area (Å²) in [5.74, 6) is -1.07. The van der Waals surface area contributed by atoms with Crippen LogP contribution in [0, 0.1) is 0 Å². The number of rotatable bonds is 4. The Morgan fingerprint density at radius 2 is 1.88 bits per heavy atom. The summed E-state index contributed by atoms with van der Waals surface area (Å²) in [7, 11) is 0. The Morgan fingerprint density at radius 1 is 1.12 bits per heavy atom. The van der Waals surface area contributed by atoms with Crippen LogP contribution in [-0.2, 0) is 22.6 Å². The standard InChI is InChI=1S/C18H25N3O5/c22-17(15-10-14(18(23)24)16-12-26-9-6-21(15)16)20-3-1-2-13(20)11-19-4-7-25-8-5-19/h10,13H,1-9,11-12H2,(H,23,24). The number of carboxylic acid groups (broad SMARTS) is 1. The Bertz CT molecular complexity index is 695. The van der Waals surface area contributed by atoms with Crippen LogP contribution in [-0.4, -0.2) is 83.4 Å². The third-order valence-electron chi connectivity index (χ3n) is 5.57. The highest BCUT2D eigenvalue weighted by atomic mass is 16.5. The molecular weight excluding hydrogens is 338 g/mol. The predicted octanol–water partition coefficient (Wildman–Crippen LogP) is 0.653. The van der Waals surface area contributed by atoms with Crippen LogP contribution in [0.5, 0.6) is 0 Å². The molecule has 4 heterocycles. The van der Waals surface area contributed by atoms with Crippen molar-refractivity contribution >= 4 is 11.9 Å². The number of amides is 1. The van der Waals surface area contributed by atoms with Crippen molar-refractivity contribution < 1.29 is 24.2 Å². The van der Waals surface area contributed by atoms with Gasteiger partial charge in [-0.2, -0.15) is 0 Å². The number of carbonyl (C=O) groups is 2. The molecule has 2 saturated heterocycles. The van der Waals surface area contributed by atoms with E-state index in [1.807, 2.05) is 9.47 Å². The summed E-state index contributed by atoms with van der Waals surface area (Å²) >= 11 is 0. The smallest absolute Gasteiger partial charge is 0.337 e. The molecule has 1 aromatic rings. The van der Waals surface area contributed by atoms with Gasteiger partial charge in [-0.15, -0.1) is 0 Å². The van der Waals surface area contributed by atoms with E-state index < -0.39 is 5.97 Å². The predicted molar refractivity (Wildman–Crippen MR) is 92.4 cm³/mol. The number of fused-ring (bicyclic) bond motifs is 1. The molecule has 1 N–H and O–H groups in total. The van der Waals surface area contributed by atoms with Crippen molar-refractivity contribution in [3.05, 3.63) is 23.0 Å². The highest BCUT2D eigenvalue weighted by Crippen LogP contribution is 2.26. The lowest BCUT2D eigenvalue weighted by molar-refractivity contribution is 0.0258. The van der Waals surface area contributed by atoms with E-state index in [0.29, 0.717) is 24.5 Å². The Labute approximate surface area is 152 Å². The van der Waals surface area contributed by atoms with Gasteiger partial charge in [0.2, 0.25) is 0 Å². The summed E-state index contributed by atoms with van der Waals surface area (Å²) in [6.07, 6.45) is 1.98. The number of carboxylic acids is 1. The minimum absolute atomic E-state index is 0.0589. The van der Waals surface area contributed by atoms with Gasteiger partial charge in [-0.3, -0.25) is 9.69 Å². The van der Waals surface area contributed by atoms with Gasteiger partial charge in [0, 0.05) is 38.8 Å². The molecule has 0 bridgehead atoms. The zero-order valence-electron chi connectivity index (χ0n) is 14.9. The first kappa shape index (κ1) is 17.5. The number of hydrogen-bond donors (Lipinski definition) is 1. The van der Waals surface area contributed by atoms with Crippen molar-refractivity contribution in [1.29, 1.82) is 0 Å². The molecule has 4 rings (SSSR count). The summed E-state index contributed by atoms with van der Waals surface area (Å²) in [5, 5.41) is 9.46. The van der Waals surface area contributed by atoms with Gasteiger partial charge < -0.3 is 24.0 Å². The minimum Gasteiger partial charge on any atom is -0.478 e. The van der Waals surface area contributed by atoms with Crippen molar-refractivity contribution in [2.75, 3.05) is 46.0 Å². The molecule has 0 spiro atoms. The number of morpholine rings is 1. The molecular formula is C18H25N3O5. The van der Waals surface area contributed by atoms with Gasteiger partial charge in [-0.25, -0.2) is 4.79 Å². The van der Waals surface area contributed by atoms with E-state index in [2.05, 4.69) is 4.90 Å². The Morgan fingerprint density at radius 3 is 2.65 bits per heavy atom. The molecule has 8 nitrogen and oxygen atoms in total. The fraction of sp³-hybridized carbons (Fsp3) is 0.667. The third kappa shape index (κ3) is 3.24. The minimum atomic E-state index is -1.01. The first-order valence-corrected chi connectivity index (χ1v) is 9.29. The van der Waals surface area contributed by atoms with Crippen molar-refractivity contribution in [2.24, 2.45) is 0 Å². The van der Waals surface area contributed by atoms with Crippen molar-refractivity contribution in [2.45, 2.75) is 32.0 Å². The molecule has 8 heteroatoms. The number of aromatic carboxylic acids is 1. The number of ether oxygens (including phenoxy) is 2. The van der Waals surface area contributed by atoms with E-state index in [-0.39, 0.29) is 24.1 Å². The summed E-state index contributed by atoms with van der Waals surface area (Å²) in [6, 6.07) is 1.71. The fourth-order valence-electron chi connectivity index (χ4n) is 4.21. The van der Waals surface area contributed by atoms with Gasteiger partial charge in [-0.05, 0) is 18.9 Å². The van der Waals surface area contributed by atoms with Gasteiger partial charge in [0.1, 0.15) is 5.69 Å². The second-order valence-electron chi connectivity index (χ2n) is 7.11. The summed E-state index contributed by atoms with van der Waals surface area (Å²) < 4.78 is 12.6. The zero-order chi connectivity index (χ0) is 18.1. The molecule has 0 aromatic carbocycles. The lowest BCUT2D eigenvalue weighted by Crippen LogP contribution is -2.47. The highest BCUT2D eigenvalue weighted by molar-refractivity contribution is 5.98. The monoisotopic (exact) mass is 363 g/mol. The Balaban J connectivity index is 1.55. The first-order chi connectivity index (χ1) is 12.6. The maximum absolute atomic E-state index is 13.2. The van der Waals surface area contributed by atoms with Crippen LogP contribution in [0.4, 0.5) is 0 Å². The van der Waals surface area contributed by atoms with Crippen LogP contribution in [0.3, 0.4) is 0 Å². The molecule has 26 heavy (non-hydrogen) atoms. The topological polar surface area (TPSA) is 84.2 Å². The van der Waals surface area contributed by atoms with Crippen LogP contribution < -0.4 is 0 Å². The second kappa shape index (κ2) is 7.38. The summed E-state index contributed by atoms with van der Waals surface area (Å²) in [5.41, 5.74) is 1.25. The van der Waals surface area contributed by atoms with Crippen molar-refractivity contribution in [3.8, 4) is 0 Å². The molecule has 3 aliphatic heterocycles. The van der Waals surface area contributed by atoms with Crippen LogP contribution in [0.2, 0.25) is 0 Å². The normalized spacial score (nSPS) is 23.8. The number of likely N-dealkylation sites (tertiary alicyclic amines) is 1. The van der Waals surface area contributed by atoms with E-state index in [9.17, 15) is 14.7 Å². The lowest BCUT2D eigenvalue weighted by atomic mass is 10.2. The van der Waals surface area contributed by atoms with E-state index in [0.717, 1.165) is 52.2 Å². The van der Waals surface area contributed by atoms with E-state index in [1.54, 1.807) is 0 Å². The lowest BCUT2D eigenvalue weighted by Gasteiger charge is -2.33. The quantitative estimate of drug-likeness (QED) is 0.846. The fourth-order valence-corrected chi connectivity index (χ4v) is 4.21. The molecule has 0 saturated carbocycles. The van der Waals surface area contributed by atoms with E-state index in [4.69, 9.17) is 9.47 Å². The zero-order valence-corrected chi connectivity index (χ0v) is 14.9. The van der Waals surface area contributed by atoms with Crippen molar-refractivity contribution in [3.63, 3.8) is 0 Å². The maximum atomic E-state index is 13.2. The summed E-state index contributed by atoms with van der Waals surface area (Å²) in [6.45, 7) is 6.14. The van der Waals surface area contributed by atoms with Crippen molar-refractivity contribution in [1.82, 2.24) is 14.4 Å². The molecule has 142 valence electrons. The molecule has 1 atom stereocenters. The van der Waals surface area contributed by atoms with Gasteiger partial charge in [0.15, 0.2) is 0 Å². The van der Waals surface area contributed by atoms with Crippen LogP contribution in [0.25, 0.3) is 0 Å². The number of carbonyl (C=O) groups excluding carboxylic acids is 1. The summed E-state index contributed by atoms with van der Waals surface area (Å²) in [4.78, 5) is 29.1. The number of nitrogens with zero attached hydrogens (tertiary/aromatic N) is 3. The van der Waals surface area contributed by atoms with E-state index in [1.165, 1.54) is 6.07 Å². The molecule has 1 unspecified atom stereocenters. The molecule has 0 radical (unpaired) electrons. The van der Waals surface area contributed by atoms with Gasteiger partial charge >= 0.3 is 5.97 Å². The van der Waals surface area contributed by atoms with Crippen LogP contribution in [0.1, 0.15) is 39.4 Å². The van der Waals surface area contributed by atoms with Crippen LogP contribution in [0.15, 0.2) is 6.07 Å². The average Bonchev–Trinajstić information content (AvgIpc) is 3.27. The maximum Gasteiger partial charge on any atom is 0.337 e. The highest BCUT2D eigenvalue weighted by Gasteiger charge is 2.34. The van der Waals surface area contributed by atoms with Gasteiger partial charge in [0.25, 0.3) is 5.91 Å². The molecule has 0 aliphatic carbocycles. The van der Waals surface area contributed by atoms with E-state index >= 15 is 0 Å². The van der Waals surface area contributed by atoms with Crippen LogP contribution >= 0.6 is 0 Å². The number of hydrogen-bond acceptors (Lipinski definition) is 5. The Hall–Kier alpha value is -1.90. The Kier molecular flexibility index (Phi) is 4.97. The third-order valence-corrected chi connectivity index (χ3v) is 5.57. The van der Waals surface area contributed by atoms with Gasteiger partial charge in [-0.1, -0.05) is 0 Å². The SMILES string of the molecule is O=C(O)c1cc(C(=O)N2CCCC2CN2CCOCC2)n2c1COCC2. The molecule has 1 aromatic heterocycles. The molecule has 1 amide bonds. The average molecular weight is 363 g/mol. The van der Waals surface area contributed by atoms with Gasteiger partial charge in [0.05, 0.1) is 37.7 Å². The molecule has 3 aliphatic rings.